The van der Waals surface area contributed by atoms with Crippen LogP contribution in [-0.4, -0.2) is 42.0 Å². The fourth-order valence-electron chi connectivity index (χ4n) is 2.53. The van der Waals surface area contributed by atoms with Gasteiger partial charge in [-0.3, -0.25) is 9.59 Å². The molecule has 0 spiro atoms. The van der Waals surface area contributed by atoms with Crippen molar-refractivity contribution in [1.82, 2.24) is 10.2 Å². The van der Waals surface area contributed by atoms with Crippen molar-refractivity contribution in [2.75, 3.05) is 18.9 Å². The molecule has 0 heterocycles. The number of benzene rings is 2. The number of hydrogen-bond acceptors (Lipinski definition) is 4. The molecule has 3 amide bonds. The van der Waals surface area contributed by atoms with Gasteiger partial charge in [0.1, 0.15) is 11.4 Å². The monoisotopic (exact) mass is 415 g/mol. The Labute approximate surface area is 175 Å². The molecule has 0 aromatic heterocycles. The fourth-order valence-corrected chi connectivity index (χ4v) is 2.53. The molecule has 0 aliphatic heterocycles. The van der Waals surface area contributed by atoms with Crippen molar-refractivity contribution in [3.63, 3.8) is 0 Å². The Kier molecular flexibility index (Phi) is 7.52. The Balaban J connectivity index is 1.87. The summed E-state index contributed by atoms with van der Waals surface area (Å²) in [5, 5.41) is 5.19. The molecule has 0 atom stereocenters. The second-order valence-electron chi connectivity index (χ2n) is 7.77. The zero-order valence-electron chi connectivity index (χ0n) is 17.5. The molecule has 0 aliphatic rings. The van der Waals surface area contributed by atoms with Crippen LogP contribution in [0.3, 0.4) is 0 Å². The van der Waals surface area contributed by atoms with Crippen molar-refractivity contribution in [2.24, 2.45) is 0 Å². The lowest BCUT2D eigenvalue weighted by Gasteiger charge is -2.19. The van der Waals surface area contributed by atoms with Gasteiger partial charge in [-0.15, -0.1) is 0 Å². The summed E-state index contributed by atoms with van der Waals surface area (Å²) < 4.78 is 18.4. The summed E-state index contributed by atoms with van der Waals surface area (Å²) in [6.45, 7) is 5.41. The molecule has 2 N–H and O–H groups in total. The number of halogens is 1. The number of rotatable bonds is 6. The Morgan fingerprint density at radius 2 is 1.73 bits per heavy atom. The predicted molar refractivity (Wildman–Crippen MR) is 112 cm³/mol. The van der Waals surface area contributed by atoms with E-state index < -0.39 is 23.4 Å². The van der Waals surface area contributed by atoms with Crippen LogP contribution in [0.5, 0.6) is 0 Å². The van der Waals surface area contributed by atoms with E-state index in [0.29, 0.717) is 11.3 Å². The number of ether oxygens (including phenoxy) is 1. The van der Waals surface area contributed by atoms with Crippen molar-refractivity contribution in [3.8, 4) is 0 Å². The Morgan fingerprint density at radius 1 is 1.07 bits per heavy atom. The van der Waals surface area contributed by atoms with Crippen molar-refractivity contribution in [2.45, 2.75) is 32.9 Å². The lowest BCUT2D eigenvalue weighted by Crippen LogP contribution is -2.35. The third-order valence-corrected chi connectivity index (χ3v) is 3.87. The van der Waals surface area contributed by atoms with Gasteiger partial charge in [0.25, 0.3) is 5.91 Å². The first-order chi connectivity index (χ1) is 14.0. The van der Waals surface area contributed by atoms with Gasteiger partial charge in [0.15, 0.2) is 0 Å². The molecule has 2 aromatic rings. The maximum atomic E-state index is 13.2. The standard InChI is InChI=1S/C22H26FN3O4/c1-22(2,3)30-21(29)24-13-15-8-10-16(11-9-15)20(28)26(4)14-19(27)25-18-7-5-6-17(23)12-18/h5-12H,13-14H2,1-4H3,(H,24,29)(H,25,27). The second-order valence-corrected chi connectivity index (χ2v) is 7.77. The zero-order chi connectivity index (χ0) is 22.3. The summed E-state index contributed by atoms with van der Waals surface area (Å²) in [6, 6.07) is 12.2. The molecule has 0 bridgehead atoms. The van der Waals surface area contributed by atoms with E-state index in [2.05, 4.69) is 10.6 Å². The van der Waals surface area contributed by atoms with Gasteiger partial charge >= 0.3 is 6.09 Å². The highest BCUT2D eigenvalue weighted by Crippen LogP contribution is 2.11. The number of carbonyl (C=O) groups is 3. The highest BCUT2D eigenvalue weighted by atomic mass is 19.1. The number of amides is 3. The number of alkyl carbamates (subject to hydrolysis) is 1. The number of nitrogens with zero attached hydrogens (tertiary/aromatic N) is 1. The van der Waals surface area contributed by atoms with E-state index in [9.17, 15) is 18.8 Å². The molecule has 30 heavy (non-hydrogen) atoms. The molecule has 160 valence electrons. The topological polar surface area (TPSA) is 87.7 Å². The number of hydrogen-bond donors (Lipinski definition) is 2. The quantitative estimate of drug-likeness (QED) is 0.755. The first-order valence-electron chi connectivity index (χ1n) is 9.40. The maximum absolute atomic E-state index is 13.2. The van der Waals surface area contributed by atoms with Gasteiger partial charge in [0.2, 0.25) is 5.91 Å². The van der Waals surface area contributed by atoms with Crippen LogP contribution < -0.4 is 10.6 Å². The number of anilines is 1. The van der Waals surface area contributed by atoms with Gasteiger partial charge in [0, 0.05) is 24.8 Å². The SMILES string of the molecule is CN(CC(=O)Nc1cccc(F)c1)C(=O)c1ccc(CNC(=O)OC(C)(C)C)cc1. The van der Waals surface area contributed by atoms with Crippen LogP contribution in [0.4, 0.5) is 14.9 Å². The minimum atomic E-state index is -0.577. The third kappa shape index (κ3) is 7.54. The first kappa shape index (κ1) is 22.9. The van der Waals surface area contributed by atoms with Gasteiger partial charge < -0.3 is 20.3 Å². The van der Waals surface area contributed by atoms with Gasteiger partial charge in [-0.05, 0) is 56.7 Å². The van der Waals surface area contributed by atoms with Gasteiger partial charge in [-0.1, -0.05) is 18.2 Å². The van der Waals surface area contributed by atoms with Crippen molar-refractivity contribution >= 4 is 23.6 Å². The number of carbonyl (C=O) groups excluding carboxylic acids is 3. The second kappa shape index (κ2) is 9.87. The zero-order valence-corrected chi connectivity index (χ0v) is 17.5. The summed E-state index contributed by atoms with van der Waals surface area (Å²) >= 11 is 0. The average molecular weight is 415 g/mol. The van der Waals surface area contributed by atoms with E-state index in [1.165, 1.54) is 30.1 Å². The van der Waals surface area contributed by atoms with Crippen LogP contribution in [0.15, 0.2) is 48.5 Å². The average Bonchev–Trinajstić information content (AvgIpc) is 2.64. The number of nitrogens with one attached hydrogen (secondary N) is 2. The van der Waals surface area contributed by atoms with E-state index in [4.69, 9.17) is 4.74 Å². The van der Waals surface area contributed by atoms with Crippen molar-refractivity contribution in [3.05, 3.63) is 65.5 Å². The molecule has 0 saturated heterocycles. The molecule has 0 aliphatic carbocycles. The summed E-state index contributed by atoms with van der Waals surface area (Å²) in [4.78, 5) is 37.6. The molecule has 2 aromatic carbocycles. The number of likely N-dealkylation sites (N-methyl/N-ethyl adjacent to an activating group) is 1. The Hall–Kier alpha value is -3.42. The van der Waals surface area contributed by atoms with Crippen LogP contribution in [0.1, 0.15) is 36.7 Å². The van der Waals surface area contributed by atoms with Crippen molar-refractivity contribution in [1.29, 1.82) is 0 Å². The minimum Gasteiger partial charge on any atom is -0.444 e. The summed E-state index contributed by atoms with van der Waals surface area (Å²) in [7, 11) is 1.51. The molecule has 8 heteroatoms. The largest absolute Gasteiger partial charge is 0.444 e. The molecule has 7 nitrogen and oxygen atoms in total. The van der Waals surface area contributed by atoms with Gasteiger partial charge in [-0.2, -0.15) is 0 Å². The van der Waals surface area contributed by atoms with Gasteiger partial charge in [0.05, 0.1) is 6.54 Å². The molecular weight excluding hydrogens is 389 g/mol. The Bertz CT molecular complexity index is 907. The van der Waals surface area contributed by atoms with E-state index in [1.807, 2.05) is 0 Å². The van der Waals surface area contributed by atoms with Crippen molar-refractivity contribution < 1.29 is 23.5 Å². The van der Waals surface area contributed by atoms with Gasteiger partial charge in [-0.25, -0.2) is 9.18 Å². The summed E-state index contributed by atoms with van der Waals surface area (Å²) in [5.74, 6) is -1.23. The molecule has 0 radical (unpaired) electrons. The van der Waals surface area contributed by atoms with E-state index in [0.717, 1.165) is 5.56 Å². The van der Waals surface area contributed by atoms with Crippen LogP contribution in [0.2, 0.25) is 0 Å². The summed E-state index contributed by atoms with van der Waals surface area (Å²) in [6.07, 6.45) is -0.522. The lowest BCUT2D eigenvalue weighted by molar-refractivity contribution is -0.116. The third-order valence-electron chi connectivity index (χ3n) is 3.87. The molecule has 0 unspecified atom stereocenters. The molecule has 0 saturated carbocycles. The fraction of sp³-hybridized carbons (Fsp3) is 0.318. The van der Waals surface area contributed by atoms with Crippen LogP contribution >= 0.6 is 0 Å². The molecule has 2 rings (SSSR count). The van der Waals surface area contributed by atoms with E-state index in [1.54, 1.807) is 51.1 Å². The Morgan fingerprint density at radius 3 is 2.33 bits per heavy atom. The molecule has 0 fully saturated rings. The normalized spacial score (nSPS) is 10.8. The van der Waals surface area contributed by atoms with E-state index in [-0.39, 0.29) is 19.0 Å². The van der Waals surface area contributed by atoms with E-state index >= 15 is 0 Å². The van der Waals surface area contributed by atoms with Crippen LogP contribution in [0.25, 0.3) is 0 Å². The summed E-state index contributed by atoms with van der Waals surface area (Å²) in [5.41, 5.74) is 0.940. The first-order valence-corrected chi connectivity index (χ1v) is 9.40. The van der Waals surface area contributed by atoms with Crippen LogP contribution in [0, 0.1) is 5.82 Å². The minimum absolute atomic E-state index is 0.183. The smallest absolute Gasteiger partial charge is 0.407 e. The molecular formula is C22H26FN3O4. The van der Waals surface area contributed by atoms with Crippen LogP contribution in [-0.2, 0) is 16.1 Å². The maximum Gasteiger partial charge on any atom is 0.407 e. The highest BCUT2D eigenvalue weighted by Gasteiger charge is 2.17. The predicted octanol–water partition coefficient (Wildman–Crippen LogP) is 3.56. The lowest BCUT2D eigenvalue weighted by atomic mass is 10.1. The highest BCUT2D eigenvalue weighted by molar-refractivity contribution is 5.99.